The number of halogens is 1. The number of H-pyrrole nitrogens is 1. The summed E-state index contributed by atoms with van der Waals surface area (Å²) in [4.78, 5) is 17.2. The third-order valence-corrected chi connectivity index (χ3v) is 4.50. The number of hydrogen-bond acceptors (Lipinski definition) is 2. The number of aromatic nitrogens is 1. The van der Waals surface area contributed by atoms with E-state index in [0.717, 1.165) is 30.4 Å². The zero-order valence-corrected chi connectivity index (χ0v) is 14.2. The molecular weight excluding hydrogens is 320 g/mol. The first-order chi connectivity index (χ1) is 9.28. The molecule has 2 heterocycles. The molecule has 1 amide bonds. The van der Waals surface area contributed by atoms with Crippen molar-refractivity contribution < 1.29 is 9.53 Å². The summed E-state index contributed by atoms with van der Waals surface area (Å²) in [7, 11) is 0. The number of carbonyl (C=O) groups excluding carboxylic acids is 1. The number of likely N-dealkylation sites (tertiary alicyclic amines) is 1. The molecule has 0 saturated carbocycles. The highest BCUT2D eigenvalue weighted by Crippen LogP contribution is 2.32. The molecule has 0 bridgehead atoms. The van der Waals surface area contributed by atoms with Gasteiger partial charge in [0.05, 0.1) is 0 Å². The lowest BCUT2D eigenvalue weighted by atomic mass is 9.92. The van der Waals surface area contributed by atoms with Gasteiger partial charge in [0.15, 0.2) is 0 Å². The minimum absolute atomic E-state index is 0.194. The van der Waals surface area contributed by atoms with Gasteiger partial charge in [0.2, 0.25) is 0 Å². The van der Waals surface area contributed by atoms with E-state index in [1.54, 1.807) is 0 Å². The number of ether oxygens (including phenoxy) is 1. The minimum atomic E-state index is -0.422. The second-order valence-electron chi connectivity index (χ2n) is 6.42. The van der Waals surface area contributed by atoms with Gasteiger partial charge in [0.1, 0.15) is 5.60 Å². The second kappa shape index (κ2) is 5.80. The van der Waals surface area contributed by atoms with Crippen molar-refractivity contribution in [1.82, 2.24) is 9.88 Å². The third kappa shape index (κ3) is 3.57. The van der Waals surface area contributed by atoms with Crippen LogP contribution >= 0.6 is 15.9 Å². The number of amides is 1. The number of carbonyl (C=O) groups is 1. The Hall–Kier alpha value is -0.970. The van der Waals surface area contributed by atoms with E-state index in [4.69, 9.17) is 4.74 Å². The van der Waals surface area contributed by atoms with Crippen LogP contribution in [0, 0.1) is 6.92 Å². The molecule has 5 heteroatoms. The molecule has 0 unspecified atom stereocenters. The lowest BCUT2D eigenvalue weighted by Gasteiger charge is -2.33. The first kappa shape index (κ1) is 15.4. The fourth-order valence-corrected chi connectivity index (χ4v) is 2.92. The third-order valence-electron chi connectivity index (χ3n) is 3.67. The molecule has 1 aromatic rings. The monoisotopic (exact) mass is 342 g/mol. The topological polar surface area (TPSA) is 45.3 Å². The first-order valence-corrected chi connectivity index (χ1v) is 7.88. The van der Waals surface area contributed by atoms with E-state index < -0.39 is 5.60 Å². The fourth-order valence-electron chi connectivity index (χ4n) is 2.59. The molecule has 1 aromatic heterocycles. The highest BCUT2D eigenvalue weighted by Gasteiger charge is 2.28. The van der Waals surface area contributed by atoms with Crippen molar-refractivity contribution >= 4 is 22.0 Å². The lowest BCUT2D eigenvalue weighted by Crippen LogP contribution is -2.41. The Kier molecular flexibility index (Phi) is 4.47. The van der Waals surface area contributed by atoms with Crippen LogP contribution in [0.5, 0.6) is 0 Å². The average Bonchev–Trinajstić information content (AvgIpc) is 2.68. The molecule has 20 heavy (non-hydrogen) atoms. The number of nitrogens with zero attached hydrogens (tertiary/aromatic N) is 1. The van der Waals surface area contributed by atoms with E-state index in [1.165, 1.54) is 11.3 Å². The highest BCUT2D eigenvalue weighted by molar-refractivity contribution is 9.10. The second-order valence-corrected chi connectivity index (χ2v) is 7.27. The molecule has 112 valence electrons. The van der Waals surface area contributed by atoms with Gasteiger partial charge in [-0.25, -0.2) is 4.79 Å². The maximum Gasteiger partial charge on any atom is 0.410 e. The van der Waals surface area contributed by atoms with Crippen molar-refractivity contribution in [3.05, 3.63) is 21.9 Å². The van der Waals surface area contributed by atoms with Crippen LogP contribution in [0.2, 0.25) is 0 Å². The Morgan fingerprint density at radius 2 is 2.00 bits per heavy atom. The van der Waals surface area contributed by atoms with Gasteiger partial charge in [-0.1, -0.05) is 0 Å². The molecule has 1 saturated heterocycles. The summed E-state index contributed by atoms with van der Waals surface area (Å²) in [6.07, 6.45) is 3.76. The Bertz CT molecular complexity index is 483. The van der Waals surface area contributed by atoms with E-state index >= 15 is 0 Å². The van der Waals surface area contributed by atoms with Crippen LogP contribution in [0.15, 0.2) is 10.7 Å². The van der Waals surface area contributed by atoms with Crippen LogP contribution in [-0.4, -0.2) is 34.7 Å². The van der Waals surface area contributed by atoms with Crippen LogP contribution in [0.25, 0.3) is 0 Å². The molecule has 1 N–H and O–H groups in total. The van der Waals surface area contributed by atoms with Gasteiger partial charge in [0.25, 0.3) is 0 Å². The summed E-state index contributed by atoms with van der Waals surface area (Å²) in [6, 6.07) is 0. The van der Waals surface area contributed by atoms with E-state index in [2.05, 4.69) is 27.8 Å². The Morgan fingerprint density at radius 3 is 2.45 bits per heavy atom. The van der Waals surface area contributed by atoms with Crippen LogP contribution in [0.3, 0.4) is 0 Å². The normalized spacial score (nSPS) is 17.4. The number of hydrogen-bond donors (Lipinski definition) is 1. The van der Waals surface area contributed by atoms with Crippen LogP contribution in [-0.2, 0) is 4.74 Å². The highest BCUT2D eigenvalue weighted by atomic mass is 79.9. The molecule has 0 aliphatic carbocycles. The van der Waals surface area contributed by atoms with Crippen LogP contribution in [0.1, 0.15) is 50.8 Å². The van der Waals surface area contributed by atoms with Crippen molar-refractivity contribution in [2.75, 3.05) is 13.1 Å². The molecule has 1 aliphatic heterocycles. The maximum absolute atomic E-state index is 12.0. The SMILES string of the molecule is Cc1c(Br)c[nH]c1C1CCN(C(=O)OC(C)(C)C)CC1. The van der Waals surface area contributed by atoms with Crippen molar-refractivity contribution in [2.24, 2.45) is 0 Å². The van der Waals surface area contributed by atoms with E-state index in [1.807, 2.05) is 31.9 Å². The van der Waals surface area contributed by atoms with Gasteiger partial charge in [-0.05, 0) is 62.0 Å². The standard InChI is InChI=1S/C15H23BrN2O2/c1-10-12(16)9-17-13(10)11-5-7-18(8-6-11)14(19)20-15(2,3)4/h9,11,17H,5-8H2,1-4H3. The molecule has 1 fully saturated rings. The van der Waals surface area contributed by atoms with Crippen molar-refractivity contribution in [3.8, 4) is 0 Å². The van der Waals surface area contributed by atoms with Gasteiger partial charge in [-0.3, -0.25) is 0 Å². The zero-order valence-electron chi connectivity index (χ0n) is 12.6. The van der Waals surface area contributed by atoms with Crippen molar-refractivity contribution in [1.29, 1.82) is 0 Å². The molecule has 1 aliphatic rings. The predicted molar refractivity (Wildman–Crippen MR) is 83.0 cm³/mol. The van der Waals surface area contributed by atoms with Gasteiger partial charge < -0.3 is 14.6 Å². The van der Waals surface area contributed by atoms with E-state index in [-0.39, 0.29) is 6.09 Å². The summed E-state index contributed by atoms with van der Waals surface area (Å²) < 4.78 is 6.54. The lowest BCUT2D eigenvalue weighted by molar-refractivity contribution is 0.0204. The largest absolute Gasteiger partial charge is 0.444 e. The quantitative estimate of drug-likeness (QED) is 0.831. The summed E-state index contributed by atoms with van der Waals surface area (Å²) in [5, 5.41) is 0. The zero-order chi connectivity index (χ0) is 14.9. The molecule has 4 nitrogen and oxygen atoms in total. The van der Waals surface area contributed by atoms with Crippen LogP contribution in [0.4, 0.5) is 4.79 Å². The van der Waals surface area contributed by atoms with Crippen molar-refractivity contribution in [2.45, 2.75) is 52.1 Å². The predicted octanol–water partition coefficient (Wildman–Crippen LogP) is 4.20. The van der Waals surface area contributed by atoms with Gasteiger partial charge >= 0.3 is 6.09 Å². The Labute approximate surface area is 129 Å². The van der Waals surface area contributed by atoms with E-state index in [0.29, 0.717) is 5.92 Å². The minimum Gasteiger partial charge on any atom is -0.444 e. The summed E-state index contributed by atoms with van der Waals surface area (Å²) in [6.45, 7) is 9.34. The van der Waals surface area contributed by atoms with Gasteiger partial charge in [0, 0.05) is 35.4 Å². The summed E-state index contributed by atoms with van der Waals surface area (Å²) in [5.74, 6) is 0.500. The molecule has 0 spiro atoms. The van der Waals surface area contributed by atoms with Gasteiger partial charge in [-0.2, -0.15) is 0 Å². The van der Waals surface area contributed by atoms with Crippen molar-refractivity contribution in [3.63, 3.8) is 0 Å². The molecule has 0 aromatic carbocycles. The number of nitrogens with one attached hydrogen (secondary N) is 1. The molecule has 0 radical (unpaired) electrons. The van der Waals surface area contributed by atoms with Gasteiger partial charge in [-0.15, -0.1) is 0 Å². The summed E-state index contributed by atoms with van der Waals surface area (Å²) in [5.41, 5.74) is 2.15. The smallest absolute Gasteiger partial charge is 0.410 e. The molecule has 0 atom stereocenters. The average molecular weight is 343 g/mol. The number of rotatable bonds is 1. The Balaban J connectivity index is 1.93. The van der Waals surface area contributed by atoms with E-state index in [9.17, 15) is 4.79 Å². The fraction of sp³-hybridized carbons (Fsp3) is 0.667. The first-order valence-electron chi connectivity index (χ1n) is 7.09. The number of aromatic amines is 1. The number of piperidine rings is 1. The maximum atomic E-state index is 12.0. The summed E-state index contributed by atoms with van der Waals surface area (Å²) >= 11 is 3.53. The molecular formula is C15H23BrN2O2. The Morgan fingerprint density at radius 1 is 1.40 bits per heavy atom. The van der Waals surface area contributed by atoms with Crippen LogP contribution < -0.4 is 0 Å². The molecule has 2 rings (SSSR count).